The molecule has 4 aromatic carbocycles. The fourth-order valence-corrected chi connectivity index (χ4v) is 9.46. The number of para-hydroxylation sites is 2. The molecule has 7 aromatic rings. The van der Waals surface area contributed by atoms with Gasteiger partial charge in [0.05, 0.1) is 33.7 Å². The maximum absolute atomic E-state index is 5.67. The summed E-state index contributed by atoms with van der Waals surface area (Å²) in [6.07, 6.45) is 19.7. The third-order valence-electron chi connectivity index (χ3n) is 12.6. The number of allylic oxidation sites excluding steroid dienone is 8. The van der Waals surface area contributed by atoms with E-state index in [2.05, 4.69) is 172 Å². The van der Waals surface area contributed by atoms with Gasteiger partial charge in [0.25, 0.3) is 0 Å². The molecule has 4 atom stereocenters. The van der Waals surface area contributed by atoms with Crippen LogP contribution in [0.2, 0.25) is 0 Å². The van der Waals surface area contributed by atoms with Gasteiger partial charge in [-0.05, 0) is 85.3 Å². The second-order valence-electron chi connectivity index (χ2n) is 16.5. The van der Waals surface area contributed by atoms with Crippen LogP contribution in [0.25, 0.3) is 72.2 Å². The van der Waals surface area contributed by atoms with Gasteiger partial charge in [-0.2, -0.15) is 0 Å². The fourth-order valence-electron chi connectivity index (χ4n) is 9.46. The van der Waals surface area contributed by atoms with Crippen molar-refractivity contribution in [2.45, 2.75) is 58.9 Å². The topological polar surface area (TPSA) is 43.6 Å². The van der Waals surface area contributed by atoms with Crippen LogP contribution in [0.5, 0.6) is 0 Å². The minimum atomic E-state index is -0.243. The van der Waals surface area contributed by atoms with Crippen molar-refractivity contribution >= 4 is 38.3 Å². The van der Waals surface area contributed by atoms with Crippen LogP contribution >= 0.6 is 0 Å². The molecule has 0 bridgehead atoms. The molecule has 0 amide bonds. The van der Waals surface area contributed by atoms with E-state index < -0.39 is 0 Å². The normalized spacial score (nSPS) is 22.0. The molecule has 0 N–H and O–H groups in total. The van der Waals surface area contributed by atoms with Crippen LogP contribution in [0, 0.1) is 17.8 Å². The average Bonchev–Trinajstić information content (AvgIpc) is 3.58. The molecule has 3 heterocycles. The summed E-state index contributed by atoms with van der Waals surface area (Å²) >= 11 is 0. The van der Waals surface area contributed by atoms with E-state index in [0.29, 0.717) is 17.8 Å². The van der Waals surface area contributed by atoms with Crippen molar-refractivity contribution < 1.29 is 0 Å². The number of benzene rings is 4. The van der Waals surface area contributed by atoms with Crippen molar-refractivity contribution in [1.82, 2.24) is 19.5 Å². The number of fused-ring (bicyclic) bond motifs is 6. The first kappa shape index (κ1) is 33.7. The maximum Gasteiger partial charge on any atom is 0.160 e. The lowest BCUT2D eigenvalue weighted by Crippen LogP contribution is -2.28. The molecule has 4 nitrogen and oxygen atoms in total. The Morgan fingerprint density at radius 2 is 1.47 bits per heavy atom. The number of hydrogen-bond donors (Lipinski definition) is 0. The molecule has 3 aliphatic rings. The Kier molecular flexibility index (Phi) is 8.06. The van der Waals surface area contributed by atoms with Crippen LogP contribution < -0.4 is 0 Å². The molecule has 0 radical (unpaired) electrons. The minimum absolute atomic E-state index is 0.243. The van der Waals surface area contributed by atoms with Crippen molar-refractivity contribution in [3.05, 3.63) is 156 Å². The van der Waals surface area contributed by atoms with Crippen LogP contribution in [0.1, 0.15) is 57.4 Å². The molecule has 55 heavy (non-hydrogen) atoms. The zero-order chi connectivity index (χ0) is 37.3. The summed E-state index contributed by atoms with van der Waals surface area (Å²) in [7, 11) is 0. The van der Waals surface area contributed by atoms with Gasteiger partial charge >= 0.3 is 0 Å². The van der Waals surface area contributed by atoms with Crippen molar-refractivity contribution in [3.63, 3.8) is 0 Å². The number of nitrogens with zero attached hydrogens (tertiary/aromatic N) is 4. The van der Waals surface area contributed by atoms with Crippen molar-refractivity contribution in [2.24, 2.45) is 17.8 Å². The van der Waals surface area contributed by atoms with Crippen LogP contribution in [0.4, 0.5) is 0 Å². The summed E-state index contributed by atoms with van der Waals surface area (Å²) in [5.74, 6) is 2.36. The Bertz CT molecular complexity index is 2780. The van der Waals surface area contributed by atoms with Crippen molar-refractivity contribution in [1.29, 1.82) is 0 Å². The lowest BCUT2D eigenvalue weighted by atomic mass is 9.74. The SMILES string of the molecule is CC1C=CC=C(c2cc(-c3c(-c4nc5ccccc5c5c4c4ccccc4n5[C@]4(C)C=CC=CC4)ccc4c3CC(C)C(C)C4)nc(-c3ccccc3)n2)C1. The fraction of sp³-hybridized carbons (Fsp3) is 0.235. The molecular formula is C51H46N4. The number of hydrogen-bond acceptors (Lipinski definition) is 3. The van der Waals surface area contributed by atoms with Gasteiger partial charge in [0.1, 0.15) is 0 Å². The van der Waals surface area contributed by atoms with Gasteiger partial charge in [-0.3, -0.25) is 0 Å². The molecule has 0 saturated carbocycles. The Hall–Kier alpha value is -5.87. The number of pyridine rings is 1. The summed E-state index contributed by atoms with van der Waals surface area (Å²) in [6, 6.07) is 35.2. The highest BCUT2D eigenvalue weighted by molar-refractivity contribution is 6.22. The monoisotopic (exact) mass is 714 g/mol. The molecule has 4 heteroatoms. The van der Waals surface area contributed by atoms with E-state index in [1.807, 2.05) is 0 Å². The molecule has 0 fully saturated rings. The van der Waals surface area contributed by atoms with E-state index in [4.69, 9.17) is 15.0 Å². The Morgan fingerprint density at radius 1 is 0.709 bits per heavy atom. The number of aromatic nitrogens is 4. The van der Waals surface area contributed by atoms with Gasteiger partial charge in [0.15, 0.2) is 5.82 Å². The van der Waals surface area contributed by atoms with Gasteiger partial charge in [-0.15, -0.1) is 0 Å². The Morgan fingerprint density at radius 3 is 2.29 bits per heavy atom. The predicted molar refractivity (Wildman–Crippen MR) is 230 cm³/mol. The van der Waals surface area contributed by atoms with E-state index in [1.54, 1.807) is 0 Å². The lowest BCUT2D eigenvalue weighted by Gasteiger charge is -2.32. The first-order chi connectivity index (χ1) is 26.9. The highest BCUT2D eigenvalue weighted by atomic mass is 15.1. The summed E-state index contributed by atoms with van der Waals surface area (Å²) in [5.41, 5.74) is 13.6. The van der Waals surface area contributed by atoms with Gasteiger partial charge < -0.3 is 4.57 Å². The third-order valence-corrected chi connectivity index (χ3v) is 12.6. The van der Waals surface area contributed by atoms with Crippen LogP contribution in [-0.4, -0.2) is 19.5 Å². The van der Waals surface area contributed by atoms with Crippen LogP contribution in [0.15, 0.2) is 140 Å². The summed E-state index contributed by atoms with van der Waals surface area (Å²) in [4.78, 5) is 16.5. The zero-order valence-electron chi connectivity index (χ0n) is 32.1. The molecule has 3 aliphatic carbocycles. The van der Waals surface area contributed by atoms with Crippen molar-refractivity contribution in [2.75, 3.05) is 0 Å². The number of rotatable bonds is 5. The second kappa shape index (κ2) is 13.2. The van der Waals surface area contributed by atoms with Crippen molar-refractivity contribution in [3.8, 4) is 33.9 Å². The molecule has 270 valence electrons. The molecule has 0 spiro atoms. The molecule has 10 rings (SSSR count). The van der Waals surface area contributed by atoms with E-state index in [1.165, 1.54) is 49.5 Å². The van der Waals surface area contributed by atoms with Gasteiger partial charge in [-0.1, -0.05) is 142 Å². The Labute approximate surface area is 323 Å². The standard InChI is InChI=1S/C51H46N4/c1-32-16-15-19-37(28-32)43-31-44(54-50(53-43)35-17-7-5-8-18-35)46-40(25-24-36-29-33(2)34(3)30-41(36)46)48-47-39-21-10-12-23-45(39)55(51(4)26-13-6-14-27-51)49(47)38-20-9-11-22-42(38)52-48/h5-26,31-34H,27-30H2,1-4H3/t32?,33?,34?,51-/m1/s1. The first-order valence-corrected chi connectivity index (χ1v) is 20.0. The highest BCUT2D eigenvalue weighted by Gasteiger charge is 2.33. The maximum atomic E-state index is 5.67. The lowest BCUT2D eigenvalue weighted by molar-refractivity contribution is 0.361. The van der Waals surface area contributed by atoms with E-state index >= 15 is 0 Å². The first-order valence-electron chi connectivity index (χ1n) is 20.0. The minimum Gasteiger partial charge on any atom is -0.330 e. The zero-order valence-corrected chi connectivity index (χ0v) is 32.1. The van der Waals surface area contributed by atoms with Gasteiger partial charge in [0, 0.05) is 38.4 Å². The quantitative estimate of drug-likeness (QED) is 0.178. The van der Waals surface area contributed by atoms with Gasteiger partial charge in [0.2, 0.25) is 0 Å². The smallest absolute Gasteiger partial charge is 0.160 e. The molecule has 3 aromatic heterocycles. The largest absolute Gasteiger partial charge is 0.330 e. The molecular weight excluding hydrogens is 669 g/mol. The Balaban J connectivity index is 1.34. The average molecular weight is 715 g/mol. The van der Waals surface area contributed by atoms with E-state index in [0.717, 1.165) is 65.2 Å². The van der Waals surface area contributed by atoms with E-state index in [-0.39, 0.29) is 5.54 Å². The highest BCUT2D eigenvalue weighted by Crippen LogP contribution is 2.48. The molecule has 0 aliphatic heterocycles. The third kappa shape index (κ3) is 5.61. The molecule has 3 unspecified atom stereocenters. The second-order valence-corrected chi connectivity index (χ2v) is 16.5. The summed E-state index contributed by atoms with van der Waals surface area (Å²) < 4.78 is 2.59. The van der Waals surface area contributed by atoms with Crippen LogP contribution in [0.3, 0.4) is 0 Å². The van der Waals surface area contributed by atoms with Crippen LogP contribution in [-0.2, 0) is 18.4 Å². The van der Waals surface area contributed by atoms with E-state index in [9.17, 15) is 0 Å². The summed E-state index contributed by atoms with van der Waals surface area (Å²) in [6.45, 7) is 9.47. The van der Waals surface area contributed by atoms with Gasteiger partial charge in [-0.25, -0.2) is 15.0 Å². The summed E-state index contributed by atoms with van der Waals surface area (Å²) in [5, 5.41) is 3.59. The predicted octanol–water partition coefficient (Wildman–Crippen LogP) is 12.7. The molecule has 0 saturated heterocycles.